The van der Waals surface area contributed by atoms with Crippen LogP contribution in [0, 0.1) is 6.92 Å². The van der Waals surface area contributed by atoms with Crippen molar-refractivity contribution in [2.75, 3.05) is 12.0 Å². The van der Waals surface area contributed by atoms with Crippen LogP contribution in [-0.2, 0) is 0 Å². The van der Waals surface area contributed by atoms with Gasteiger partial charge in [0.25, 0.3) is 0 Å². The molecule has 0 fully saturated rings. The molecule has 0 amide bonds. The van der Waals surface area contributed by atoms with Gasteiger partial charge in [0.15, 0.2) is 0 Å². The van der Waals surface area contributed by atoms with Gasteiger partial charge in [-0.3, -0.25) is 5.43 Å². The molecule has 0 aliphatic heterocycles. The molecule has 2 rings (SSSR count). The van der Waals surface area contributed by atoms with Crippen molar-refractivity contribution in [2.45, 2.75) is 25.2 Å². The Labute approximate surface area is 127 Å². The van der Waals surface area contributed by atoms with E-state index in [1.807, 2.05) is 37.3 Å². The van der Waals surface area contributed by atoms with Crippen LogP contribution in [-0.4, -0.2) is 56.5 Å². The third-order valence-electron chi connectivity index (χ3n) is 3.26. The van der Waals surface area contributed by atoms with Crippen molar-refractivity contribution >= 4 is 22.9 Å². The zero-order valence-electron chi connectivity index (χ0n) is 12.1. The van der Waals surface area contributed by atoms with E-state index in [9.17, 15) is 15.3 Å². The quantitative estimate of drug-likeness (QED) is 0.379. The van der Waals surface area contributed by atoms with Crippen molar-refractivity contribution in [3.05, 3.63) is 35.9 Å². The molecule has 1 heterocycles. The van der Waals surface area contributed by atoms with Gasteiger partial charge < -0.3 is 20.4 Å². The first-order valence-electron chi connectivity index (χ1n) is 6.83. The van der Waals surface area contributed by atoms with Crippen LogP contribution in [0.4, 0.5) is 5.82 Å². The summed E-state index contributed by atoms with van der Waals surface area (Å²) in [7, 11) is 0. The van der Waals surface area contributed by atoms with Gasteiger partial charge in [-0.2, -0.15) is 5.10 Å². The summed E-state index contributed by atoms with van der Waals surface area (Å²) in [6.07, 6.45) is -3.31. The van der Waals surface area contributed by atoms with Crippen LogP contribution in [0.25, 0.3) is 10.9 Å². The fourth-order valence-corrected chi connectivity index (χ4v) is 2.01. The average Bonchev–Trinajstić information content (AvgIpc) is 2.53. The number of hydrazone groups is 1. The Morgan fingerprint density at radius 1 is 1.27 bits per heavy atom. The maximum Gasteiger partial charge on any atom is 0.147 e. The third-order valence-corrected chi connectivity index (χ3v) is 3.26. The van der Waals surface area contributed by atoms with Crippen LogP contribution in [0.3, 0.4) is 0 Å². The monoisotopic (exact) mass is 305 g/mol. The normalized spacial score (nSPS) is 15.9. The van der Waals surface area contributed by atoms with Crippen molar-refractivity contribution in [1.29, 1.82) is 0 Å². The molecular weight excluding hydrogens is 286 g/mol. The molecular formula is C15H19N3O4. The number of aliphatic hydroxyl groups is 4. The van der Waals surface area contributed by atoms with Crippen LogP contribution in [0.2, 0.25) is 0 Å². The number of anilines is 1. The summed E-state index contributed by atoms with van der Waals surface area (Å²) in [4.78, 5) is 4.37. The van der Waals surface area contributed by atoms with Crippen LogP contribution in [0.5, 0.6) is 0 Å². The second-order valence-electron chi connectivity index (χ2n) is 4.96. The van der Waals surface area contributed by atoms with Gasteiger partial charge in [0.2, 0.25) is 0 Å². The number of aromatic nitrogens is 1. The molecule has 7 heteroatoms. The molecule has 22 heavy (non-hydrogen) atoms. The highest BCUT2D eigenvalue weighted by atomic mass is 16.4. The predicted octanol–water partition coefficient (Wildman–Crippen LogP) is 0.0159. The first kappa shape index (κ1) is 16.3. The summed E-state index contributed by atoms with van der Waals surface area (Å²) in [5.74, 6) is 0.497. The molecule has 1 aromatic carbocycles. The van der Waals surface area contributed by atoms with E-state index in [-0.39, 0.29) is 0 Å². The minimum Gasteiger partial charge on any atom is -0.394 e. The number of nitrogens with one attached hydrogen (secondary N) is 1. The summed E-state index contributed by atoms with van der Waals surface area (Å²) in [5.41, 5.74) is 4.51. The minimum absolute atomic E-state index is 0.497. The van der Waals surface area contributed by atoms with E-state index in [0.717, 1.165) is 22.7 Å². The highest BCUT2D eigenvalue weighted by Gasteiger charge is 2.22. The topological polar surface area (TPSA) is 118 Å². The standard InChI is InChI=1S/C15H19N3O4/c1-9-6-14(17-11-5-3-2-4-10(9)11)18-16-7-12(20)15(22)13(21)8-19/h2-7,12-13,15,19-22H,8H2,1H3,(H,17,18). The van der Waals surface area contributed by atoms with Crippen LogP contribution in [0.15, 0.2) is 35.4 Å². The van der Waals surface area contributed by atoms with Crippen LogP contribution < -0.4 is 5.43 Å². The van der Waals surface area contributed by atoms with Gasteiger partial charge in [-0.05, 0) is 24.6 Å². The lowest BCUT2D eigenvalue weighted by atomic mass is 10.1. The van der Waals surface area contributed by atoms with E-state index in [1.54, 1.807) is 0 Å². The molecule has 7 nitrogen and oxygen atoms in total. The van der Waals surface area contributed by atoms with Gasteiger partial charge in [-0.15, -0.1) is 0 Å². The number of fused-ring (bicyclic) bond motifs is 1. The van der Waals surface area contributed by atoms with Gasteiger partial charge in [-0.1, -0.05) is 18.2 Å². The van der Waals surface area contributed by atoms with E-state index in [0.29, 0.717) is 5.82 Å². The van der Waals surface area contributed by atoms with Crippen LogP contribution in [0.1, 0.15) is 5.56 Å². The van der Waals surface area contributed by atoms with Gasteiger partial charge in [0.1, 0.15) is 24.1 Å². The summed E-state index contributed by atoms with van der Waals surface area (Å²) in [6.45, 7) is 1.31. The number of rotatable bonds is 6. The van der Waals surface area contributed by atoms with Crippen molar-refractivity contribution in [2.24, 2.45) is 5.10 Å². The van der Waals surface area contributed by atoms with Gasteiger partial charge in [-0.25, -0.2) is 4.98 Å². The number of hydrogen-bond acceptors (Lipinski definition) is 7. The van der Waals surface area contributed by atoms with Crippen molar-refractivity contribution in [1.82, 2.24) is 4.98 Å². The van der Waals surface area contributed by atoms with Gasteiger partial charge >= 0.3 is 0 Å². The lowest BCUT2D eigenvalue weighted by Gasteiger charge is -2.18. The lowest BCUT2D eigenvalue weighted by molar-refractivity contribution is -0.0541. The van der Waals surface area contributed by atoms with Crippen molar-refractivity contribution < 1.29 is 20.4 Å². The number of aliphatic hydroxyl groups excluding tert-OH is 4. The fraction of sp³-hybridized carbons (Fsp3) is 0.333. The SMILES string of the molecule is Cc1cc(NN=CC(O)C(O)C(O)CO)nc2ccccc12. The molecule has 1 aromatic heterocycles. The Hall–Kier alpha value is -2.06. The molecule has 0 aliphatic rings. The minimum atomic E-state index is -1.51. The highest BCUT2D eigenvalue weighted by molar-refractivity contribution is 5.83. The first-order chi connectivity index (χ1) is 10.5. The Balaban J connectivity index is 2.07. The second-order valence-corrected chi connectivity index (χ2v) is 4.96. The zero-order chi connectivity index (χ0) is 16.1. The molecule has 0 spiro atoms. The Kier molecular flexibility index (Phi) is 5.40. The average molecular weight is 305 g/mol. The lowest BCUT2D eigenvalue weighted by Crippen LogP contribution is -2.40. The van der Waals surface area contributed by atoms with E-state index < -0.39 is 24.9 Å². The summed E-state index contributed by atoms with van der Waals surface area (Å²) in [5, 5.41) is 41.8. The molecule has 0 saturated heterocycles. The number of nitrogens with zero attached hydrogens (tertiary/aromatic N) is 2. The molecule has 0 bridgehead atoms. The third kappa shape index (κ3) is 3.77. The number of para-hydroxylation sites is 1. The molecule has 0 saturated carbocycles. The van der Waals surface area contributed by atoms with Crippen molar-refractivity contribution in [3.8, 4) is 0 Å². The van der Waals surface area contributed by atoms with E-state index in [1.165, 1.54) is 0 Å². The Morgan fingerprint density at radius 3 is 2.73 bits per heavy atom. The predicted molar refractivity (Wildman–Crippen MR) is 83.7 cm³/mol. The number of aryl methyl sites for hydroxylation is 1. The molecule has 0 radical (unpaired) electrons. The fourth-order valence-electron chi connectivity index (χ4n) is 2.01. The van der Waals surface area contributed by atoms with Crippen LogP contribution >= 0.6 is 0 Å². The van der Waals surface area contributed by atoms with Crippen molar-refractivity contribution in [3.63, 3.8) is 0 Å². The zero-order valence-corrected chi connectivity index (χ0v) is 12.1. The molecule has 3 atom stereocenters. The van der Waals surface area contributed by atoms with E-state index in [4.69, 9.17) is 5.11 Å². The molecule has 3 unspecified atom stereocenters. The van der Waals surface area contributed by atoms with E-state index in [2.05, 4.69) is 15.5 Å². The smallest absolute Gasteiger partial charge is 0.147 e. The number of hydrogen-bond donors (Lipinski definition) is 5. The second kappa shape index (κ2) is 7.28. The summed E-state index contributed by atoms with van der Waals surface area (Å²) < 4.78 is 0. The maximum atomic E-state index is 9.59. The maximum absolute atomic E-state index is 9.59. The highest BCUT2D eigenvalue weighted by Crippen LogP contribution is 2.19. The van der Waals surface area contributed by atoms with Gasteiger partial charge in [0.05, 0.1) is 18.3 Å². The summed E-state index contributed by atoms with van der Waals surface area (Å²) >= 11 is 0. The number of pyridine rings is 1. The number of benzene rings is 1. The molecule has 2 aromatic rings. The summed E-state index contributed by atoms with van der Waals surface area (Å²) in [6, 6.07) is 9.49. The molecule has 5 N–H and O–H groups in total. The molecule has 0 aliphatic carbocycles. The Morgan fingerprint density at radius 2 is 2.00 bits per heavy atom. The first-order valence-corrected chi connectivity index (χ1v) is 6.83. The van der Waals surface area contributed by atoms with Gasteiger partial charge in [0, 0.05) is 5.39 Å². The largest absolute Gasteiger partial charge is 0.394 e. The Bertz CT molecular complexity index is 662. The molecule has 118 valence electrons. The van der Waals surface area contributed by atoms with E-state index >= 15 is 0 Å².